The van der Waals surface area contributed by atoms with Crippen molar-refractivity contribution >= 4 is 51.3 Å². The number of hydrazone groups is 1. The van der Waals surface area contributed by atoms with E-state index < -0.39 is 5.91 Å². The average Bonchev–Trinajstić information content (AvgIpc) is 3.45. The number of nitrogens with zero attached hydrogens (tertiary/aromatic N) is 3. The van der Waals surface area contributed by atoms with Gasteiger partial charge in [-0.15, -0.1) is 11.3 Å². The molecule has 5 rings (SSSR count). The van der Waals surface area contributed by atoms with Gasteiger partial charge in [0, 0.05) is 28.8 Å². The number of amides is 2. The van der Waals surface area contributed by atoms with Crippen LogP contribution in [0.3, 0.4) is 0 Å². The van der Waals surface area contributed by atoms with Crippen molar-refractivity contribution in [2.75, 3.05) is 17.1 Å². The molecule has 32 heavy (non-hydrogen) atoms. The number of carbonyl (C=O) groups excluding carboxylic acids is 2. The number of anilines is 2. The molecule has 0 saturated heterocycles. The number of thiazole rings is 1. The Morgan fingerprint density at radius 2 is 2.00 bits per heavy atom. The normalized spacial score (nSPS) is 15.0. The number of rotatable bonds is 4. The third kappa shape index (κ3) is 3.92. The van der Waals surface area contributed by atoms with Crippen molar-refractivity contribution in [3.05, 3.63) is 52.4 Å². The average molecular weight is 469 g/mol. The number of aryl methyl sites for hydroxylation is 1. The van der Waals surface area contributed by atoms with Crippen LogP contribution in [0, 0.1) is 6.92 Å². The van der Waals surface area contributed by atoms with Crippen molar-refractivity contribution in [2.45, 2.75) is 19.8 Å². The molecule has 10 heteroatoms. The van der Waals surface area contributed by atoms with Gasteiger partial charge < -0.3 is 9.47 Å². The summed E-state index contributed by atoms with van der Waals surface area (Å²) in [4.78, 5) is 29.7. The Labute approximate surface area is 192 Å². The summed E-state index contributed by atoms with van der Waals surface area (Å²) in [5, 5.41) is 11.1. The molecule has 8 nitrogen and oxygen atoms in total. The Bertz CT molecular complexity index is 1270. The van der Waals surface area contributed by atoms with E-state index >= 15 is 0 Å². The zero-order valence-electron chi connectivity index (χ0n) is 16.9. The topological polar surface area (TPSA) is 93.1 Å². The van der Waals surface area contributed by atoms with Crippen LogP contribution in [0.2, 0.25) is 5.02 Å². The Morgan fingerprint density at radius 1 is 1.16 bits per heavy atom. The molecule has 3 heterocycles. The summed E-state index contributed by atoms with van der Waals surface area (Å²) in [6.07, 6.45) is 0.430. The number of hydrogen-bond donors (Lipinski definition) is 1. The van der Waals surface area contributed by atoms with Crippen LogP contribution >= 0.6 is 22.9 Å². The van der Waals surface area contributed by atoms with Crippen molar-refractivity contribution in [3.8, 4) is 22.8 Å². The Morgan fingerprint density at radius 3 is 2.84 bits per heavy atom. The van der Waals surface area contributed by atoms with Gasteiger partial charge in [-0.3, -0.25) is 14.9 Å². The zero-order chi connectivity index (χ0) is 22.2. The van der Waals surface area contributed by atoms with Gasteiger partial charge in [-0.25, -0.2) is 9.99 Å². The third-order valence-corrected chi connectivity index (χ3v) is 6.25. The van der Waals surface area contributed by atoms with Crippen LogP contribution in [0.5, 0.6) is 11.5 Å². The number of nitrogens with one attached hydrogen (secondary N) is 1. The number of ether oxygens (including phenoxy) is 2. The Kier molecular flexibility index (Phi) is 5.28. The van der Waals surface area contributed by atoms with Crippen LogP contribution in [0.25, 0.3) is 11.3 Å². The van der Waals surface area contributed by atoms with Crippen molar-refractivity contribution in [1.29, 1.82) is 0 Å². The summed E-state index contributed by atoms with van der Waals surface area (Å²) in [5.41, 5.74) is 3.23. The summed E-state index contributed by atoms with van der Waals surface area (Å²) >= 11 is 7.49. The van der Waals surface area contributed by atoms with Gasteiger partial charge in [0.1, 0.15) is 5.71 Å². The molecule has 0 fully saturated rings. The molecule has 162 valence electrons. The number of aromatic nitrogens is 1. The zero-order valence-corrected chi connectivity index (χ0v) is 18.5. The first-order valence-corrected chi connectivity index (χ1v) is 11.1. The lowest BCUT2D eigenvalue weighted by atomic mass is 10.1. The molecule has 0 radical (unpaired) electrons. The summed E-state index contributed by atoms with van der Waals surface area (Å²) in [5.74, 6) is 0.772. The highest BCUT2D eigenvalue weighted by molar-refractivity contribution is 7.14. The predicted molar refractivity (Wildman–Crippen MR) is 123 cm³/mol. The van der Waals surface area contributed by atoms with Crippen LogP contribution in [-0.2, 0) is 9.59 Å². The minimum absolute atomic E-state index is 0.179. The van der Waals surface area contributed by atoms with Crippen LogP contribution < -0.4 is 19.8 Å². The van der Waals surface area contributed by atoms with E-state index in [0.717, 1.165) is 11.1 Å². The van der Waals surface area contributed by atoms with E-state index in [4.69, 9.17) is 21.1 Å². The number of fused-ring (bicyclic) bond motifs is 1. The highest BCUT2D eigenvalue weighted by atomic mass is 35.5. The Balaban J connectivity index is 1.33. The van der Waals surface area contributed by atoms with Gasteiger partial charge in [-0.05, 0) is 42.8 Å². The summed E-state index contributed by atoms with van der Waals surface area (Å²) in [7, 11) is 0. The largest absolute Gasteiger partial charge is 0.454 e. The molecule has 0 bridgehead atoms. The minimum Gasteiger partial charge on any atom is -0.454 e. The summed E-state index contributed by atoms with van der Waals surface area (Å²) in [6.45, 7) is 2.08. The van der Waals surface area contributed by atoms with E-state index in [9.17, 15) is 9.59 Å². The van der Waals surface area contributed by atoms with Gasteiger partial charge in [-0.1, -0.05) is 17.7 Å². The molecule has 3 aromatic rings. The highest BCUT2D eigenvalue weighted by Gasteiger charge is 2.26. The number of benzene rings is 2. The molecule has 2 amide bonds. The van der Waals surface area contributed by atoms with Crippen LogP contribution in [0.15, 0.2) is 46.9 Å². The molecule has 1 N–H and O–H groups in total. The lowest BCUT2D eigenvalue weighted by molar-refractivity contribution is -0.118. The van der Waals surface area contributed by atoms with Crippen LogP contribution in [0.1, 0.15) is 18.4 Å². The first kappa shape index (κ1) is 20.5. The molecular weight excluding hydrogens is 452 g/mol. The first-order chi connectivity index (χ1) is 15.5. The van der Waals surface area contributed by atoms with E-state index in [1.54, 1.807) is 12.1 Å². The van der Waals surface area contributed by atoms with E-state index in [2.05, 4.69) is 15.4 Å². The number of hydrogen-bond acceptors (Lipinski definition) is 7. The standard InChI is InChI=1S/C22H17ClN4O4S/c1-12-2-4-14(9-15(12)23)27-20(28)7-5-16(26-27)21(29)25-22-24-17(10-32-22)13-3-6-18-19(8-13)31-11-30-18/h2-4,6,8-10H,5,7,11H2,1H3,(H,24,25,29). The molecule has 2 aliphatic rings. The smallest absolute Gasteiger partial charge is 0.273 e. The number of halogens is 1. The fourth-order valence-electron chi connectivity index (χ4n) is 3.32. The van der Waals surface area contributed by atoms with Crippen molar-refractivity contribution in [3.63, 3.8) is 0 Å². The monoisotopic (exact) mass is 468 g/mol. The second-order valence-electron chi connectivity index (χ2n) is 7.25. The van der Waals surface area contributed by atoms with E-state index in [1.165, 1.54) is 16.3 Å². The quantitative estimate of drug-likeness (QED) is 0.603. The lowest BCUT2D eigenvalue weighted by Gasteiger charge is -2.23. The van der Waals surface area contributed by atoms with Gasteiger partial charge in [-0.2, -0.15) is 5.10 Å². The molecule has 0 aliphatic carbocycles. The van der Waals surface area contributed by atoms with Crippen molar-refractivity contribution in [2.24, 2.45) is 5.10 Å². The maximum absolute atomic E-state index is 12.8. The second kappa shape index (κ2) is 8.25. The fraction of sp³-hybridized carbons (Fsp3) is 0.182. The number of carbonyl (C=O) groups is 2. The Hall–Kier alpha value is -3.43. The SMILES string of the molecule is Cc1ccc(N2N=C(C(=O)Nc3nc(-c4ccc5c(c4)OCO5)cs3)CCC2=O)cc1Cl. The molecule has 0 unspecified atom stereocenters. The van der Waals surface area contributed by atoms with E-state index in [0.29, 0.717) is 33.0 Å². The lowest BCUT2D eigenvalue weighted by Crippen LogP contribution is -2.36. The summed E-state index contributed by atoms with van der Waals surface area (Å²) in [6, 6.07) is 10.8. The highest BCUT2D eigenvalue weighted by Crippen LogP contribution is 2.36. The van der Waals surface area contributed by atoms with Crippen LogP contribution in [0.4, 0.5) is 10.8 Å². The van der Waals surface area contributed by atoms with Gasteiger partial charge in [0.15, 0.2) is 16.6 Å². The fourth-order valence-corrected chi connectivity index (χ4v) is 4.21. The van der Waals surface area contributed by atoms with Gasteiger partial charge >= 0.3 is 0 Å². The third-order valence-electron chi connectivity index (χ3n) is 5.09. The molecule has 0 atom stereocenters. The van der Waals surface area contributed by atoms with Crippen molar-refractivity contribution in [1.82, 2.24) is 4.98 Å². The van der Waals surface area contributed by atoms with E-state index in [1.807, 2.05) is 36.6 Å². The first-order valence-electron chi connectivity index (χ1n) is 9.81. The molecular formula is C22H17ClN4O4S. The molecule has 0 saturated carbocycles. The maximum atomic E-state index is 12.8. The van der Waals surface area contributed by atoms with Crippen molar-refractivity contribution < 1.29 is 19.1 Å². The minimum atomic E-state index is -0.396. The van der Waals surface area contributed by atoms with E-state index in [-0.39, 0.29) is 31.3 Å². The van der Waals surface area contributed by atoms with Gasteiger partial charge in [0.2, 0.25) is 12.7 Å². The summed E-state index contributed by atoms with van der Waals surface area (Å²) < 4.78 is 10.7. The molecule has 1 aromatic heterocycles. The molecule has 2 aliphatic heterocycles. The van der Waals surface area contributed by atoms with Crippen LogP contribution in [-0.4, -0.2) is 29.3 Å². The maximum Gasteiger partial charge on any atom is 0.273 e. The second-order valence-corrected chi connectivity index (χ2v) is 8.51. The predicted octanol–water partition coefficient (Wildman–Crippen LogP) is 4.62. The molecule has 2 aromatic carbocycles. The molecule has 0 spiro atoms. The van der Waals surface area contributed by atoms with Gasteiger partial charge in [0.25, 0.3) is 5.91 Å². The van der Waals surface area contributed by atoms with Gasteiger partial charge in [0.05, 0.1) is 11.4 Å².